The predicted molar refractivity (Wildman–Crippen MR) is 51.8 cm³/mol. The van der Waals surface area contributed by atoms with Crippen LogP contribution in [0, 0.1) is 0 Å². The Morgan fingerprint density at radius 1 is 0.812 bits per heavy atom. The van der Waals surface area contributed by atoms with Crippen LogP contribution in [0.1, 0.15) is 25.7 Å². The lowest BCUT2D eigenvalue weighted by molar-refractivity contribution is -0.139. The van der Waals surface area contributed by atoms with Crippen LogP contribution in [0.3, 0.4) is 0 Å². The molecule has 1 amide bonds. The first-order chi connectivity index (χ1) is 7.41. The van der Waals surface area contributed by atoms with E-state index in [2.05, 4.69) is 5.32 Å². The lowest BCUT2D eigenvalue weighted by atomic mass is 10.2. The molecule has 0 unspecified atom stereocenters. The van der Waals surface area contributed by atoms with Crippen molar-refractivity contribution in [3.05, 3.63) is 0 Å². The third kappa shape index (κ3) is 8.67. The third-order valence-corrected chi connectivity index (χ3v) is 1.67. The molecule has 0 fully saturated rings. The first-order valence-electron chi connectivity index (χ1n) is 4.64. The van der Waals surface area contributed by atoms with Gasteiger partial charge in [-0.15, -0.1) is 0 Å². The highest BCUT2D eigenvalue weighted by Gasteiger charge is 2.08. The number of amides is 1. The summed E-state index contributed by atoms with van der Waals surface area (Å²) in [7, 11) is 0. The van der Waals surface area contributed by atoms with Crippen LogP contribution >= 0.6 is 0 Å². The fraction of sp³-hybridized carbons (Fsp3) is 0.556. The third-order valence-electron chi connectivity index (χ3n) is 1.67. The molecule has 3 N–H and O–H groups in total. The molecular weight excluding hydrogens is 218 g/mol. The second kappa shape index (κ2) is 7.38. The minimum atomic E-state index is -1.09. The van der Waals surface area contributed by atoms with Crippen molar-refractivity contribution in [2.24, 2.45) is 0 Å². The molecule has 0 aliphatic heterocycles. The predicted octanol–water partition coefficient (Wildman–Crippen LogP) is -0.599. The highest BCUT2D eigenvalue weighted by molar-refractivity contribution is 5.88. The largest absolute Gasteiger partial charge is 0.481 e. The van der Waals surface area contributed by atoms with Gasteiger partial charge in [0.05, 0.1) is 19.4 Å². The van der Waals surface area contributed by atoms with Gasteiger partial charge in [0.1, 0.15) is 0 Å². The first kappa shape index (κ1) is 14.1. The number of hydrogen-bond donors (Lipinski definition) is 3. The topological polar surface area (TPSA) is 121 Å². The van der Waals surface area contributed by atoms with Crippen molar-refractivity contribution in [3.63, 3.8) is 0 Å². The summed E-state index contributed by atoms with van der Waals surface area (Å²) in [6.45, 7) is -0.258. The molecule has 0 aromatic carbocycles. The Hall–Kier alpha value is -1.92. The van der Waals surface area contributed by atoms with E-state index in [9.17, 15) is 19.2 Å². The quantitative estimate of drug-likeness (QED) is 0.513. The Morgan fingerprint density at radius 2 is 1.31 bits per heavy atom. The second-order valence-electron chi connectivity index (χ2n) is 3.10. The molecule has 0 aromatic heterocycles. The standard InChI is InChI=1S/C9H13NO6/c11-6(1-3-8(13)14)5-10-7(12)2-4-9(15)16/h1-5H2,(H,10,12)(H,13,14)(H,15,16). The van der Waals surface area contributed by atoms with E-state index in [0.717, 1.165) is 0 Å². The number of Topliss-reactive ketones (excluding diaryl/α,β-unsaturated/α-hetero) is 1. The molecule has 0 heterocycles. The number of carbonyl (C=O) groups excluding carboxylic acids is 2. The molecule has 0 atom stereocenters. The van der Waals surface area contributed by atoms with Gasteiger partial charge in [-0.05, 0) is 0 Å². The van der Waals surface area contributed by atoms with Gasteiger partial charge >= 0.3 is 11.9 Å². The zero-order valence-electron chi connectivity index (χ0n) is 8.56. The van der Waals surface area contributed by atoms with Gasteiger partial charge in [-0.1, -0.05) is 0 Å². The second-order valence-corrected chi connectivity index (χ2v) is 3.10. The molecule has 7 heteroatoms. The van der Waals surface area contributed by atoms with Crippen LogP contribution in [0.5, 0.6) is 0 Å². The van der Waals surface area contributed by atoms with E-state index < -0.39 is 23.6 Å². The van der Waals surface area contributed by atoms with E-state index in [1.807, 2.05) is 0 Å². The van der Waals surface area contributed by atoms with Crippen molar-refractivity contribution in [1.29, 1.82) is 0 Å². The van der Waals surface area contributed by atoms with Gasteiger partial charge in [0, 0.05) is 12.8 Å². The maximum absolute atomic E-state index is 11.0. The van der Waals surface area contributed by atoms with Crippen LogP contribution in [0.25, 0.3) is 0 Å². The molecule has 0 bridgehead atoms. The molecule has 0 radical (unpaired) electrons. The van der Waals surface area contributed by atoms with E-state index in [4.69, 9.17) is 10.2 Å². The Morgan fingerprint density at radius 3 is 1.81 bits per heavy atom. The summed E-state index contributed by atoms with van der Waals surface area (Å²) in [5, 5.41) is 18.8. The van der Waals surface area contributed by atoms with Crippen LogP contribution in [0.2, 0.25) is 0 Å². The zero-order valence-corrected chi connectivity index (χ0v) is 8.56. The van der Waals surface area contributed by atoms with E-state index >= 15 is 0 Å². The number of carbonyl (C=O) groups is 4. The summed E-state index contributed by atoms with van der Waals surface area (Å²) < 4.78 is 0. The molecule has 0 aliphatic carbocycles. The number of carboxylic acid groups (broad SMARTS) is 2. The van der Waals surface area contributed by atoms with Crippen LogP contribution < -0.4 is 5.32 Å². The maximum atomic E-state index is 11.0. The molecule has 0 rings (SSSR count). The minimum absolute atomic E-state index is 0.144. The van der Waals surface area contributed by atoms with E-state index in [0.29, 0.717) is 0 Å². The van der Waals surface area contributed by atoms with E-state index in [1.54, 1.807) is 0 Å². The van der Waals surface area contributed by atoms with Crippen LogP contribution in [0.15, 0.2) is 0 Å². The molecule has 0 aromatic rings. The number of aliphatic carboxylic acids is 2. The maximum Gasteiger partial charge on any atom is 0.303 e. The fourth-order valence-electron chi connectivity index (χ4n) is 0.841. The number of rotatable bonds is 8. The van der Waals surface area contributed by atoms with Crippen LogP contribution in [-0.2, 0) is 19.2 Å². The molecular formula is C9H13NO6. The summed E-state index contributed by atoms with van der Waals surface area (Å²) in [5.41, 5.74) is 0. The molecule has 16 heavy (non-hydrogen) atoms. The van der Waals surface area contributed by atoms with Crippen molar-refractivity contribution >= 4 is 23.6 Å². The Kier molecular flexibility index (Phi) is 6.50. The first-order valence-corrected chi connectivity index (χ1v) is 4.64. The molecule has 90 valence electrons. The average Bonchev–Trinajstić information content (AvgIpc) is 2.20. The highest BCUT2D eigenvalue weighted by atomic mass is 16.4. The highest BCUT2D eigenvalue weighted by Crippen LogP contribution is 1.91. The molecule has 0 aliphatic rings. The summed E-state index contributed by atoms with van der Waals surface area (Å²) in [4.78, 5) is 42.2. The van der Waals surface area contributed by atoms with Gasteiger partial charge in [0.25, 0.3) is 0 Å². The van der Waals surface area contributed by atoms with Gasteiger partial charge < -0.3 is 15.5 Å². The number of carboxylic acids is 2. The Labute approximate surface area is 91.4 Å². The monoisotopic (exact) mass is 231 g/mol. The lowest BCUT2D eigenvalue weighted by Crippen LogP contribution is -2.29. The number of hydrogen-bond acceptors (Lipinski definition) is 4. The Balaban J connectivity index is 3.63. The van der Waals surface area contributed by atoms with Gasteiger partial charge in [-0.2, -0.15) is 0 Å². The van der Waals surface area contributed by atoms with Crippen molar-refractivity contribution < 1.29 is 29.4 Å². The summed E-state index contributed by atoms with van der Waals surface area (Å²) in [6, 6.07) is 0. The van der Waals surface area contributed by atoms with Crippen LogP contribution in [0.4, 0.5) is 0 Å². The lowest BCUT2D eigenvalue weighted by Gasteiger charge is -2.02. The SMILES string of the molecule is O=C(O)CCC(=O)CNC(=O)CCC(=O)O. The molecule has 0 saturated carbocycles. The summed E-state index contributed by atoms with van der Waals surface area (Å²) >= 11 is 0. The number of nitrogens with one attached hydrogen (secondary N) is 1. The molecule has 0 spiro atoms. The molecule has 7 nitrogen and oxygen atoms in total. The van der Waals surface area contributed by atoms with Crippen molar-refractivity contribution in [3.8, 4) is 0 Å². The zero-order chi connectivity index (χ0) is 12.6. The summed E-state index contributed by atoms with van der Waals surface area (Å²) in [5.74, 6) is -3.10. The Bertz CT molecular complexity index is 268. The van der Waals surface area contributed by atoms with Gasteiger partial charge in [-0.3, -0.25) is 19.2 Å². The fourth-order valence-corrected chi connectivity index (χ4v) is 0.841. The molecule has 0 saturated heterocycles. The summed E-state index contributed by atoms with van der Waals surface area (Å²) in [6.07, 6.45) is -0.908. The van der Waals surface area contributed by atoms with Gasteiger partial charge in [0.15, 0.2) is 5.78 Å². The van der Waals surface area contributed by atoms with Crippen molar-refractivity contribution in [2.45, 2.75) is 25.7 Å². The number of ketones is 1. The van der Waals surface area contributed by atoms with E-state index in [1.165, 1.54) is 0 Å². The minimum Gasteiger partial charge on any atom is -0.481 e. The van der Waals surface area contributed by atoms with Gasteiger partial charge in [-0.25, -0.2) is 0 Å². The van der Waals surface area contributed by atoms with Gasteiger partial charge in [0.2, 0.25) is 5.91 Å². The van der Waals surface area contributed by atoms with Crippen molar-refractivity contribution in [2.75, 3.05) is 6.54 Å². The normalized spacial score (nSPS) is 9.50. The van der Waals surface area contributed by atoms with Crippen LogP contribution in [-0.4, -0.2) is 40.4 Å². The average molecular weight is 231 g/mol. The smallest absolute Gasteiger partial charge is 0.303 e. The van der Waals surface area contributed by atoms with Crippen molar-refractivity contribution in [1.82, 2.24) is 5.32 Å². The van der Waals surface area contributed by atoms with E-state index in [-0.39, 0.29) is 32.2 Å².